The number of carbonyl (C=O) groups is 3. The van der Waals surface area contributed by atoms with E-state index in [9.17, 15) is 32.7 Å². The molecule has 1 aliphatic carbocycles. The number of hydrogen-bond donors (Lipinski definition) is 3. The largest absolute Gasteiger partial charge is 0.506 e. The maximum atomic E-state index is 15.3. The molecular weight excluding hydrogens is 444 g/mol. The van der Waals surface area contributed by atoms with E-state index in [-0.39, 0.29) is 22.4 Å². The van der Waals surface area contributed by atoms with Gasteiger partial charge in [-0.3, -0.25) is 14.5 Å². The van der Waals surface area contributed by atoms with Gasteiger partial charge >= 0.3 is 24.1 Å². The number of epoxide rings is 1. The number of rotatable bonds is 4. The highest BCUT2D eigenvalue weighted by atomic mass is 19.4. The van der Waals surface area contributed by atoms with Crippen LogP contribution in [0.3, 0.4) is 0 Å². The number of amides is 2. The molecule has 1 aromatic carbocycles. The summed E-state index contributed by atoms with van der Waals surface area (Å²) in [6, 6.07) is 0.126. The summed E-state index contributed by atoms with van der Waals surface area (Å²) < 4.78 is 64.8. The second-order valence-corrected chi connectivity index (χ2v) is 8.39. The predicted molar refractivity (Wildman–Crippen MR) is 98.6 cm³/mol. The lowest BCUT2D eigenvalue weighted by Crippen LogP contribution is -2.46. The third-order valence-corrected chi connectivity index (χ3v) is 4.76. The van der Waals surface area contributed by atoms with Gasteiger partial charge < -0.3 is 25.0 Å². The van der Waals surface area contributed by atoms with Crippen LogP contribution in [0.25, 0.3) is 0 Å². The summed E-state index contributed by atoms with van der Waals surface area (Å²) >= 11 is 0. The standard InChI is InChI=1S/C19H20F4N2O7/c1-18(2,3)32-17(30)24-9-4-7-8(14-15(9)31-14)5-10(26)13(12(7)20)25(6-11(27)28)16(29)19(21,22)23/h5,9,14-15,26H,4,6H2,1-3H3,(H,24,30)(H,27,28)/t9-,14+,15-/m0/s1. The SMILES string of the molecule is CC(C)(C)OC(=O)N[C@H]1Cc2c(cc(O)c(N(CC(=O)O)C(=O)C(F)(F)F)c2F)[C@H]2O[C@@H]12. The molecule has 1 saturated heterocycles. The Morgan fingerprint density at radius 2 is 1.91 bits per heavy atom. The number of nitrogens with zero attached hydrogens (tertiary/aromatic N) is 1. The van der Waals surface area contributed by atoms with Crippen molar-refractivity contribution in [2.45, 2.75) is 57.2 Å². The molecule has 0 spiro atoms. The van der Waals surface area contributed by atoms with E-state index in [2.05, 4.69) is 5.32 Å². The van der Waals surface area contributed by atoms with Gasteiger partial charge in [0.15, 0.2) is 5.82 Å². The third-order valence-electron chi connectivity index (χ3n) is 4.76. The maximum absolute atomic E-state index is 15.3. The molecule has 13 heteroatoms. The molecule has 176 valence electrons. The number of aliphatic carboxylic acids is 1. The van der Waals surface area contributed by atoms with Crippen LogP contribution in [-0.4, -0.2) is 58.7 Å². The first-order valence-electron chi connectivity index (χ1n) is 9.40. The Hall–Kier alpha value is -3.09. The second kappa shape index (κ2) is 7.80. The number of phenolic OH excluding ortho intramolecular Hbond substituents is 1. The summed E-state index contributed by atoms with van der Waals surface area (Å²) in [6.45, 7) is 3.34. The van der Waals surface area contributed by atoms with E-state index in [0.717, 1.165) is 6.07 Å². The zero-order valence-corrected chi connectivity index (χ0v) is 17.1. The van der Waals surface area contributed by atoms with Crippen molar-refractivity contribution in [1.29, 1.82) is 0 Å². The molecule has 3 rings (SSSR count). The molecule has 0 unspecified atom stereocenters. The third kappa shape index (κ3) is 4.71. The Morgan fingerprint density at radius 3 is 2.44 bits per heavy atom. The molecule has 3 N–H and O–H groups in total. The summed E-state index contributed by atoms with van der Waals surface area (Å²) in [6.07, 6.45) is -7.92. The van der Waals surface area contributed by atoms with Gasteiger partial charge in [0.05, 0.1) is 6.04 Å². The average Bonchev–Trinajstić information content (AvgIpc) is 3.39. The van der Waals surface area contributed by atoms with Crippen molar-refractivity contribution in [3.05, 3.63) is 23.0 Å². The van der Waals surface area contributed by atoms with Gasteiger partial charge in [0.1, 0.15) is 35.8 Å². The first-order valence-corrected chi connectivity index (χ1v) is 9.40. The highest BCUT2D eigenvalue weighted by molar-refractivity contribution is 6.02. The zero-order valence-electron chi connectivity index (χ0n) is 17.1. The van der Waals surface area contributed by atoms with Gasteiger partial charge in [-0.1, -0.05) is 0 Å². The van der Waals surface area contributed by atoms with Crippen LogP contribution in [0.15, 0.2) is 6.07 Å². The van der Waals surface area contributed by atoms with Crippen molar-refractivity contribution in [2.75, 3.05) is 11.4 Å². The topological polar surface area (TPSA) is 129 Å². The Labute approximate surface area is 178 Å². The number of alkyl carbamates (subject to hydrolysis) is 1. The first kappa shape index (κ1) is 23.6. The van der Waals surface area contributed by atoms with Crippen molar-refractivity contribution in [3.63, 3.8) is 0 Å². The molecule has 9 nitrogen and oxygen atoms in total. The lowest BCUT2D eigenvalue weighted by atomic mass is 9.87. The normalized spacial score (nSPS) is 21.8. The monoisotopic (exact) mass is 464 g/mol. The second-order valence-electron chi connectivity index (χ2n) is 8.39. The number of hydrogen-bond acceptors (Lipinski definition) is 6. The van der Waals surface area contributed by atoms with Crippen LogP contribution in [0.1, 0.15) is 38.0 Å². The fraction of sp³-hybridized carbons (Fsp3) is 0.526. The quantitative estimate of drug-likeness (QED) is 0.461. The summed E-state index contributed by atoms with van der Waals surface area (Å²) in [4.78, 5) is 34.5. The minimum atomic E-state index is -5.52. The van der Waals surface area contributed by atoms with Gasteiger partial charge in [-0.2, -0.15) is 13.2 Å². The summed E-state index contributed by atoms with van der Waals surface area (Å²) in [7, 11) is 0. The number of alkyl halides is 3. The first-order chi connectivity index (χ1) is 14.6. The predicted octanol–water partition coefficient (Wildman–Crippen LogP) is 2.40. The number of nitrogens with one attached hydrogen (secondary N) is 1. The molecule has 1 aromatic rings. The summed E-state index contributed by atoms with van der Waals surface area (Å²) in [5.41, 5.74) is -2.13. The van der Waals surface area contributed by atoms with Crippen molar-refractivity contribution < 1.29 is 51.6 Å². The smallest absolute Gasteiger partial charge is 0.471 e. The van der Waals surface area contributed by atoms with Crippen molar-refractivity contribution in [3.8, 4) is 5.75 Å². The number of carboxylic acids is 1. The number of carboxylic acid groups (broad SMARTS) is 1. The highest BCUT2D eigenvalue weighted by Gasteiger charge is 2.53. The fourth-order valence-corrected chi connectivity index (χ4v) is 3.55. The van der Waals surface area contributed by atoms with E-state index in [1.54, 1.807) is 20.8 Å². The molecule has 1 aliphatic heterocycles. The van der Waals surface area contributed by atoms with Gasteiger partial charge in [-0.25, -0.2) is 9.18 Å². The van der Waals surface area contributed by atoms with E-state index >= 15 is 4.39 Å². The van der Waals surface area contributed by atoms with E-state index < -0.39 is 71.8 Å². The molecule has 0 bridgehead atoms. The molecule has 3 atom stereocenters. The molecule has 1 heterocycles. The molecule has 0 radical (unpaired) electrons. The molecule has 0 aromatic heterocycles. The van der Waals surface area contributed by atoms with Crippen molar-refractivity contribution >= 4 is 23.7 Å². The van der Waals surface area contributed by atoms with Gasteiger partial charge in [-0.05, 0) is 44.4 Å². The number of anilines is 1. The zero-order chi connectivity index (χ0) is 24.2. The van der Waals surface area contributed by atoms with E-state index in [0.29, 0.717) is 0 Å². The van der Waals surface area contributed by atoms with Crippen molar-refractivity contribution in [2.24, 2.45) is 0 Å². The van der Waals surface area contributed by atoms with Crippen LogP contribution in [0.5, 0.6) is 5.75 Å². The van der Waals surface area contributed by atoms with Crippen LogP contribution in [-0.2, 0) is 25.5 Å². The Bertz CT molecular complexity index is 974. The average molecular weight is 464 g/mol. The number of benzene rings is 1. The Morgan fingerprint density at radius 1 is 1.28 bits per heavy atom. The van der Waals surface area contributed by atoms with Crippen molar-refractivity contribution in [1.82, 2.24) is 5.32 Å². The summed E-state index contributed by atoms with van der Waals surface area (Å²) in [5, 5.41) is 21.6. The number of carbonyl (C=O) groups excluding carboxylic acids is 2. The van der Waals surface area contributed by atoms with Crippen LogP contribution in [0.2, 0.25) is 0 Å². The van der Waals surface area contributed by atoms with Gasteiger partial charge in [-0.15, -0.1) is 0 Å². The molecule has 1 fully saturated rings. The Kier molecular flexibility index (Phi) is 5.74. The van der Waals surface area contributed by atoms with E-state index in [4.69, 9.17) is 14.6 Å². The number of phenols is 1. The molecular formula is C19H20F4N2O7. The van der Waals surface area contributed by atoms with Crippen LogP contribution >= 0.6 is 0 Å². The van der Waals surface area contributed by atoms with Crippen LogP contribution in [0.4, 0.5) is 28.0 Å². The van der Waals surface area contributed by atoms with Crippen LogP contribution in [0, 0.1) is 5.82 Å². The van der Waals surface area contributed by atoms with E-state index in [1.807, 2.05) is 0 Å². The van der Waals surface area contributed by atoms with Gasteiger partial charge in [0.2, 0.25) is 0 Å². The highest BCUT2D eigenvalue weighted by Crippen LogP contribution is 2.51. The maximum Gasteiger partial charge on any atom is 0.471 e. The number of ether oxygens (including phenoxy) is 2. The van der Waals surface area contributed by atoms with E-state index in [1.165, 1.54) is 0 Å². The minimum Gasteiger partial charge on any atom is -0.506 e. The number of halogens is 4. The lowest BCUT2D eigenvalue weighted by Gasteiger charge is -2.28. The molecule has 2 amide bonds. The fourth-order valence-electron chi connectivity index (χ4n) is 3.55. The minimum absolute atomic E-state index is 0.130. The van der Waals surface area contributed by atoms with Gasteiger partial charge in [0.25, 0.3) is 0 Å². The number of fused-ring (bicyclic) bond motifs is 3. The molecule has 0 saturated carbocycles. The summed E-state index contributed by atoms with van der Waals surface area (Å²) in [5.74, 6) is -6.97. The molecule has 2 aliphatic rings. The molecule has 32 heavy (non-hydrogen) atoms. The Balaban J connectivity index is 1.97. The van der Waals surface area contributed by atoms with Crippen LogP contribution < -0.4 is 10.2 Å². The number of aromatic hydroxyl groups is 1. The van der Waals surface area contributed by atoms with Gasteiger partial charge in [0, 0.05) is 0 Å². The lowest BCUT2D eigenvalue weighted by molar-refractivity contribution is -0.171.